The normalized spacial score (nSPS) is 15.3. The molecule has 0 saturated carbocycles. The highest BCUT2D eigenvalue weighted by molar-refractivity contribution is 6.30. The highest BCUT2D eigenvalue weighted by atomic mass is 35.5. The topological polar surface area (TPSA) is 59.8 Å². The van der Waals surface area contributed by atoms with Gasteiger partial charge in [-0.05, 0) is 67.9 Å². The fourth-order valence-corrected chi connectivity index (χ4v) is 4.31. The summed E-state index contributed by atoms with van der Waals surface area (Å²) in [5.74, 6) is 0.419. The van der Waals surface area contributed by atoms with Gasteiger partial charge in [-0.2, -0.15) is 0 Å². The zero-order chi connectivity index (χ0) is 22.4. The first kappa shape index (κ1) is 20.3. The molecule has 0 bridgehead atoms. The van der Waals surface area contributed by atoms with Gasteiger partial charge in [-0.1, -0.05) is 35.4 Å². The van der Waals surface area contributed by atoms with E-state index in [0.29, 0.717) is 39.6 Å². The van der Waals surface area contributed by atoms with E-state index in [1.54, 1.807) is 29.2 Å². The van der Waals surface area contributed by atoms with Crippen LogP contribution in [-0.4, -0.2) is 12.5 Å². The van der Waals surface area contributed by atoms with Gasteiger partial charge in [0.2, 0.25) is 5.76 Å². The Morgan fingerprint density at radius 1 is 1.00 bits per heavy atom. The molecular weight excluding hydrogens is 426 g/mol. The minimum atomic E-state index is -0.631. The predicted molar refractivity (Wildman–Crippen MR) is 125 cm³/mol. The summed E-state index contributed by atoms with van der Waals surface area (Å²) < 4.78 is 11.5. The van der Waals surface area contributed by atoms with Crippen molar-refractivity contribution >= 4 is 34.2 Å². The third-order valence-corrected chi connectivity index (χ3v) is 5.89. The van der Waals surface area contributed by atoms with Crippen molar-refractivity contribution in [1.29, 1.82) is 0 Å². The lowest BCUT2D eigenvalue weighted by atomic mass is 9.98. The number of carbonyl (C=O) groups is 1. The number of anilines is 1. The molecule has 0 radical (unpaired) electrons. The van der Waals surface area contributed by atoms with Crippen LogP contribution >= 0.6 is 11.6 Å². The lowest BCUT2D eigenvalue weighted by Gasteiger charge is -2.25. The minimum absolute atomic E-state index is 0.0696. The van der Waals surface area contributed by atoms with E-state index in [2.05, 4.69) is 0 Å². The van der Waals surface area contributed by atoms with Gasteiger partial charge in [-0.15, -0.1) is 0 Å². The zero-order valence-electron chi connectivity index (χ0n) is 17.6. The molecule has 1 amide bonds. The molecule has 0 saturated heterocycles. The Morgan fingerprint density at radius 3 is 2.41 bits per heavy atom. The zero-order valence-corrected chi connectivity index (χ0v) is 18.3. The first-order valence-corrected chi connectivity index (χ1v) is 10.7. The van der Waals surface area contributed by atoms with Crippen molar-refractivity contribution in [2.75, 3.05) is 11.5 Å². The quantitative estimate of drug-likeness (QED) is 0.392. The number of fused-ring (bicyclic) bond motifs is 2. The Hall–Kier alpha value is -3.57. The van der Waals surface area contributed by atoms with Crippen LogP contribution in [0, 0.1) is 6.92 Å². The van der Waals surface area contributed by atoms with Crippen molar-refractivity contribution in [2.45, 2.75) is 19.9 Å². The second kappa shape index (κ2) is 7.84. The summed E-state index contributed by atoms with van der Waals surface area (Å²) in [6.45, 7) is 4.38. The average molecular weight is 446 g/mol. The fraction of sp³-hybridized carbons (Fsp3) is 0.154. The van der Waals surface area contributed by atoms with Crippen molar-refractivity contribution in [3.63, 3.8) is 0 Å². The maximum Gasteiger partial charge on any atom is 0.295 e. The molecule has 6 heteroatoms. The van der Waals surface area contributed by atoms with Crippen molar-refractivity contribution in [3.8, 4) is 5.75 Å². The molecule has 0 aliphatic carbocycles. The molecule has 5 nitrogen and oxygen atoms in total. The molecule has 160 valence electrons. The van der Waals surface area contributed by atoms with Crippen LogP contribution in [0.1, 0.15) is 40.2 Å². The third-order valence-electron chi connectivity index (χ3n) is 5.64. The van der Waals surface area contributed by atoms with Gasteiger partial charge >= 0.3 is 0 Å². The van der Waals surface area contributed by atoms with Crippen LogP contribution in [0.4, 0.5) is 5.69 Å². The summed E-state index contributed by atoms with van der Waals surface area (Å²) in [6, 6.07) is 19.2. The van der Waals surface area contributed by atoms with Gasteiger partial charge in [-0.3, -0.25) is 14.5 Å². The number of ether oxygens (including phenoxy) is 1. The molecule has 0 spiro atoms. The maximum absolute atomic E-state index is 13.6. The molecule has 4 aromatic rings. The highest BCUT2D eigenvalue weighted by Crippen LogP contribution is 2.41. The molecule has 1 aliphatic heterocycles. The average Bonchev–Trinajstić information content (AvgIpc) is 3.08. The summed E-state index contributed by atoms with van der Waals surface area (Å²) in [7, 11) is 0. The van der Waals surface area contributed by atoms with Crippen LogP contribution in [0.15, 0.2) is 75.9 Å². The maximum atomic E-state index is 13.6. The van der Waals surface area contributed by atoms with Crippen molar-refractivity contribution in [1.82, 2.24) is 0 Å². The Kier molecular flexibility index (Phi) is 4.98. The molecule has 1 aliphatic rings. The Bertz CT molecular complexity index is 1390. The number of halogens is 1. The molecule has 2 heterocycles. The van der Waals surface area contributed by atoms with E-state index in [1.165, 1.54) is 0 Å². The van der Waals surface area contributed by atoms with Gasteiger partial charge in [0, 0.05) is 10.7 Å². The summed E-state index contributed by atoms with van der Waals surface area (Å²) >= 11 is 6.10. The van der Waals surface area contributed by atoms with E-state index >= 15 is 0 Å². The van der Waals surface area contributed by atoms with E-state index < -0.39 is 6.04 Å². The van der Waals surface area contributed by atoms with Gasteiger partial charge in [0.1, 0.15) is 11.3 Å². The predicted octanol–water partition coefficient (Wildman–Crippen LogP) is 5.90. The number of carbonyl (C=O) groups excluding carboxylic acids is 1. The Morgan fingerprint density at radius 2 is 1.72 bits per heavy atom. The fourth-order valence-electron chi connectivity index (χ4n) is 4.18. The lowest BCUT2D eigenvalue weighted by molar-refractivity contribution is 0.0971. The summed E-state index contributed by atoms with van der Waals surface area (Å²) in [5, 5.41) is 1.04. The van der Waals surface area contributed by atoms with E-state index in [4.69, 9.17) is 20.8 Å². The summed E-state index contributed by atoms with van der Waals surface area (Å²) in [5.41, 5.74) is 2.90. The molecule has 1 aromatic heterocycles. The smallest absolute Gasteiger partial charge is 0.295 e. The molecule has 3 aromatic carbocycles. The lowest BCUT2D eigenvalue weighted by Crippen LogP contribution is -2.29. The molecule has 0 fully saturated rings. The second-order valence-corrected chi connectivity index (χ2v) is 8.17. The van der Waals surface area contributed by atoms with E-state index in [9.17, 15) is 9.59 Å². The van der Waals surface area contributed by atoms with Gasteiger partial charge in [0.05, 0.1) is 23.6 Å². The van der Waals surface area contributed by atoms with Crippen LogP contribution < -0.4 is 15.1 Å². The van der Waals surface area contributed by atoms with Crippen LogP contribution in [0.25, 0.3) is 11.0 Å². The van der Waals surface area contributed by atoms with E-state index in [-0.39, 0.29) is 17.1 Å². The Labute approximate surface area is 189 Å². The summed E-state index contributed by atoms with van der Waals surface area (Å²) in [6.07, 6.45) is 0. The summed E-state index contributed by atoms with van der Waals surface area (Å²) in [4.78, 5) is 28.8. The van der Waals surface area contributed by atoms with Gasteiger partial charge in [0.25, 0.3) is 5.91 Å². The van der Waals surface area contributed by atoms with Crippen molar-refractivity contribution < 1.29 is 13.9 Å². The number of nitrogens with zero attached hydrogens (tertiary/aromatic N) is 1. The molecule has 1 atom stereocenters. The number of benzene rings is 3. The molecule has 1 unspecified atom stereocenters. The van der Waals surface area contributed by atoms with Crippen molar-refractivity contribution in [3.05, 3.63) is 104 Å². The first-order valence-electron chi connectivity index (χ1n) is 10.4. The molecular formula is C26H20ClNO4. The number of amides is 1. The van der Waals surface area contributed by atoms with Crippen LogP contribution in [-0.2, 0) is 0 Å². The van der Waals surface area contributed by atoms with Crippen LogP contribution in [0.5, 0.6) is 5.75 Å². The standard InChI is InChI=1S/C26H20ClNO4/c1-3-31-19-11-9-18(10-12-19)28-23(16-5-7-17(27)8-6-16)22-24(29)20-14-15(2)4-13-21(20)32-25(22)26(28)30/h4-14,23H,3H2,1-2H3. The highest BCUT2D eigenvalue weighted by Gasteiger charge is 2.43. The minimum Gasteiger partial charge on any atom is -0.494 e. The number of hydrogen-bond acceptors (Lipinski definition) is 4. The van der Waals surface area contributed by atoms with Gasteiger partial charge in [-0.25, -0.2) is 0 Å². The Balaban J connectivity index is 1.75. The number of rotatable bonds is 4. The van der Waals surface area contributed by atoms with Crippen molar-refractivity contribution in [2.24, 2.45) is 0 Å². The van der Waals surface area contributed by atoms with Gasteiger partial charge < -0.3 is 9.15 Å². The largest absolute Gasteiger partial charge is 0.494 e. The number of hydrogen-bond donors (Lipinski definition) is 0. The van der Waals surface area contributed by atoms with Gasteiger partial charge in [0.15, 0.2) is 5.43 Å². The van der Waals surface area contributed by atoms with E-state index in [1.807, 2.05) is 56.3 Å². The van der Waals surface area contributed by atoms with Crippen LogP contribution in [0.2, 0.25) is 5.02 Å². The SMILES string of the molecule is CCOc1ccc(N2C(=O)c3oc4ccc(C)cc4c(=O)c3C2c2ccc(Cl)cc2)cc1. The monoisotopic (exact) mass is 445 g/mol. The van der Waals surface area contributed by atoms with E-state index in [0.717, 1.165) is 11.1 Å². The molecule has 0 N–H and O–H groups in total. The molecule has 5 rings (SSSR count). The second-order valence-electron chi connectivity index (χ2n) is 7.73. The molecule has 32 heavy (non-hydrogen) atoms. The van der Waals surface area contributed by atoms with Crippen LogP contribution in [0.3, 0.4) is 0 Å². The number of aryl methyl sites for hydroxylation is 1. The third kappa shape index (κ3) is 3.26. The first-order chi connectivity index (χ1) is 15.5.